The number of nitrogens with two attached hydrogens (primary N) is 1. The van der Waals surface area contributed by atoms with Gasteiger partial charge in [0.1, 0.15) is 0 Å². The highest BCUT2D eigenvalue weighted by Gasteiger charge is 2.19. The molecule has 2 N–H and O–H groups in total. The van der Waals surface area contributed by atoms with Crippen molar-refractivity contribution in [3.8, 4) is 0 Å². The van der Waals surface area contributed by atoms with E-state index in [1.165, 1.54) is 0 Å². The van der Waals surface area contributed by atoms with Crippen LogP contribution in [0.1, 0.15) is 26.7 Å². The van der Waals surface area contributed by atoms with E-state index in [4.69, 9.17) is 5.73 Å². The van der Waals surface area contributed by atoms with Crippen molar-refractivity contribution in [3.63, 3.8) is 0 Å². The van der Waals surface area contributed by atoms with Crippen LogP contribution in [0.5, 0.6) is 0 Å². The van der Waals surface area contributed by atoms with Crippen LogP contribution in [0.2, 0.25) is 0 Å². The maximum atomic E-state index is 12.1. The van der Waals surface area contributed by atoms with Crippen LogP contribution < -0.4 is 5.73 Å². The molecule has 5 nitrogen and oxygen atoms in total. The van der Waals surface area contributed by atoms with Crippen LogP contribution >= 0.6 is 0 Å². The lowest BCUT2D eigenvalue weighted by molar-refractivity contribution is -0.132. The molecule has 0 aliphatic rings. The first-order valence-corrected chi connectivity index (χ1v) is 7.28. The van der Waals surface area contributed by atoms with E-state index in [0.717, 1.165) is 32.6 Å². The zero-order valence-electron chi connectivity index (χ0n) is 13.4. The average molecular weight is 272 g/mol. The van der Waals surface area contributed by atoms with Crippen molar-refractivity contribution >= 4 is 5.91 Å². The second kappa shape index (κ2) is 10.2. The monoisotopic (exact) mass is 272 g/mol. The zero-order valence-corrected chi connectivity index (χ0v) is 13.4. The molecule has 0 saturated heterocycles. The zero-order chi connectivity index (χ0) is 14.8. The Labute approximate surface area is 118 Å². The van der Waals surface area contributed by atoms with E-state index in [1.807, 2.05) is 18.7 Å². The van der Waals surface area contributed by atoms with Gasteiger partial charge in [0.25, 0.3) is 0 Å². The Morgan fingerprint density at radius 1 is 1.11 bits per heavy atom. The smallest absolute Gasteiger partial charge is 0.224 e. The van der Waals surface area contributed by atoms with Crippen LogP contribution in [0.3, 0.4) is 0 Å². The van der Waals surface area contributed by atoms with Gasteiger partial charge >= 0.3 is 0 Å². The molecule has 0 aromatic carbocycles. The molecule has 0 aromatic rings. The lowest BCUT2D eigenvalue weighted by Gasteiger charge is -2.29. The van der Waals surface area contributed by atoms with Crippen molar-refractivity contribution < 1.29 is 4.79 Å². The number of hydrogen-bond acceptors (Lipinski definition) is 4. The Morgan fingerprint density at radius 3 is 2.11 bits per heavy atom. The first kappa shape index (κ1) is 18.4. The quantitative estimate of drug-likeness (QED) is 0.627. The van der Waals surface area contributed by atoms with Crippen LogP contribution in [0.4, 0.5) is 0 Å². The van der Waals surface area contributed by atoms with Gasteiger partial charge in [-0.2, -0.15) is 0 Å². The molecule has 1 atom stereocenters. The molecule has 5 heteroatoms. The summed E-state index contributed by atoms with van der Waals surface area (Å²) in [7, 11) is 6.21. The minimum atomic E-state index is 0.148. The summed E-state index contributed by atoms with van der Waals surface area (Å²) in [6.45, 7) is 8.15. The summed E-state index contributed by atoms with van der Waals surface area (Å²) in [6, 6.07) is 0.148. The third-order valence-corrected chi connectivity index (χ3v) is 3.54. The van der Waals surface area contributed by atoms with E-state index >= 15 is 0 Å². The van der Waals surface area contributed by atoms with Gasteiger partial charge in [-0.15, -0.1) is 0 Å². The summed E-state index contributed by atoms with van der Waals surface area (Å²) in [5.41, 5.74) is 5.81. The van der Waals surface area contributed by atoms with Crippen LogP contribution in [0.25, 0.3) is 0 Å². The minimum absolute atomic E-state index is 0.148. The van der Waals surface area contributed by atoms with E-state index in [1.54, 1.807) is 0 Å². The van der Waals surface area contributed by atoms with Crippen molar-refractivity contribution in [2.24, 2.45) is 5.73 Å². The lowest BCUT2D eigenvalue weighted by atomic mass is 10.1. The molecule has 114 valence electrons. The summed E-state index contributed by atoms with van der Waals surface area (Å²) in [4.78, 5) is 18.4. The molecule has 0 spiro atoms. The van der Waals surface area contributed by atoms with Crippen LogP contribution in [-0.4, -0.2) is 80.5 Å². The van der Waals surface area contributed by atoms with Crippen LogP contribution in [0.15, 0.2) is 0 Å². The standard InChI is InChI=1S/C14H32N4O/c1-6-18(7-2)14(19)11-13(12-15)17(5)10-8-9-16(3)4/h13H,6-12,15H2,1-5H3. The molecular formula is C14H32N4O. The van der Waals surface area contributed by atoms with Gasteiger partial charge in [0.15, 0.2) is 0 Å². The molecule has 0 aliphatic carbocycles. The van der Waals surface area contributed by atoms with E-state index < -0.39 is 0 Å². The molecule has 0 radical (unpaired) electrons. The fourth-order valence-electron chi connectivity index (χ4n) is 2.15. The third kappa shape index (κ3) is 7.50. The molecule has 0 bridgehead atoms. The van der Waals surface area contributed by atoms with E-state index in [0.29, 0.717) is 13.0 Å². The van der Waals surface area contributed by atoms with Crippen molar-refractivity contribution in [2.45, 2.75) is 32.7 Å². The van der Waals surface area contributed by atoms with Gasteiger partial charge in [-0.3, -0.25) is 4.79 Å². The number of nitrogens with zero attached hydrogens (tertiary/aromatic N) is 3. The Morgan fingerprint density at radius 2 is 1.68 bits per heavy atom. The van der Waals surface area contributed by atoms with Gasteiger partial charge in [-0.1, -0.05) is 0 Å². The maximum absolute atomic E-state index is 12.1. The summed E-state index contributed by atoms with van der Waals surface area (Å²) in [6.07, 6.45) is 1.62. The highest BCUT2D eigenvalue weighted by molar-refractivity contribution is 5.76. The molecule has 0 saturated carbocycles. The number of carbonyl (C=O) groups excluding carboxylic acids is 1. The molecule has 0 heterocycles. The normalized spacial score (nSPS) is 13.1. The predicted octanol–water partition coefficient (Wildman–Crippen LogP) is 0.456. The second-order valence-electron chi connectivity index (χ2n) is 5.30. The molecule has 0 aliphatic heterocycles. The molecule has 0 rings (SSSR count). The average Bonchev–Trinajstić information content (AvgIpc) is 2.36. The Balaban J connectivity index is 4.21. The van der Waals surface area contributed by atoms with Gasteiger partial charge in [-0.05, 0) is 54.5 Å². The Bertz CT molecular complexity index is 242. The van der Waals surface area contributed by atoms with Crippen molar-refractivity contribution in [2.75, 3.05) is 53.9 Å². The fraction of sp³-hybridized carbons (Fsp3) is 0.929. The third-order valence-electron chi connectivity index (χ3n) is 3.54. The van der Waals surface area contributed by atoms with E-state index in [9.17, 15) is 4.79 Å². The molecule has 1 amide bonds. The Kier molecular flexibility index (Phi) is 9.83. The molecule has 1 unspecified atom stereocenters. The van der Waals surface area contributed by atoms with Crippen molar-refractivity contribution in [1.29, 1.82) is 0 Å². The molecular weight excluding hydrogens is 240 g/mol. The number of hydrogen-bond donors (Lipinski definition) is 1. The largest absolute Gasteiger partial charge is 0.343 e. The van der Waals surface area contributed by atoms with E-state index in [2.05, 4.69) is 30.9 Å². The highest BCUT2D eigenvalue weighted by atomic mass is 16.2. The summed E-state index contributed by atoms with van der Waals surface area (Å²) in [5, 5.41) is 0. The minimum Gasteiger partial charge on any atom is -0.343 e. The predicted molar refractivity (Wildman–Crippen MR) is 81.2 cm³/mol. The van der Waals surface area contributed by atoms with Gasteiger partial charge in [0.2, 0.25) is 5.91 Å². The second-order valence-corrected chi connectivity index (χ2v) is 5.30. The van der Waals surface area contributed by atoms with Crippen LogP contribution in [0, 0.1) is 0 Å². The Hall–Kier alpha value is -0.650. The number of carbonyl (C=O) groups is 1. The van der Waals surface area contributed by atoms with Crippen LogP contribution in [-0.2, 0) is 4.79 Å². The molecule has 0 fully saturated rings. The number of likely N-dealkylation sites (N-methyl/N-ethyl adjacent to an activating group) is 1. The SMILES string of the molecule is CCN(CC)C(=O)CC(CN)N(C)CCCN(C)C. The summed E-state index contributed by atoms with van der Waals surface area (Å²) >= 11 is 0. The van der Waals surface area contributed by atoms with Gasteiger partial charge < -0.3 is 20.4 Å². The number of rotatable bonds is 10. The summed E-state index contributed by atoms with van der Waals surface area (Å²) < 4.78 is 0. The number of amides is 1. The van der Waals surface area contributed by atoms with E-state index in [-0.39, 0.29) is 11.9 Å². The van der Waals surface area contributed by atoms with Crippen molar-refractivity contribution in [3.05, 3.63) is 0 Å². The van der Waals surface area contributed by atoms with Gasteiger partial charge in [0, 0.05) is 32.1 Å². The summed E-state index contributed by atoms with van der Waals surface area (Å²) in [5.74, 6) is 0.208. The first-order valence-electron chi connectivity index (χ1n) is 7.28. The first-order chi connectivity index (χ1) is 8.96. The van der Waals surface area contributed by atoms with Gasteiger partial charge in [-0.25, -0.2) is 0 Å². The maximum Gasteiger partial charge on any atom is 0.224 e. The molecule has 0 aromatic heterocycles. The molecule has 19 heavy (non-hydrogen) atoms. The fourth-order valence-corrected chi connectivity index (χ4v) is 2.15. The van der Waals surface area contributed by atoms with Crippen molar-refractivity contribution in [1.82, 2.24) is 14.7 Å². The lowest BCUT2D eigenvalue weighted by Crippen LogP contribution is -2.43. The van der Waals surface area contributed by atoms with Gasteiger partial charge in [0.05, 0.1) is 0 Å². The topological polar surface area (TPSA) is 52.8 Å². The highest BCUT2D eigenvalue weighted by Crippen LogP contribution is 2.05.